The highest BCUT2D eigenvalue weighted by Gasteiger charge is 2.15. The lowest BCUT2D eigenvalue weighted by Gasteiger charge is -2.14. The lowest BCUT2D eigenvalue weighted by Crippen LogP contribution is -2.38. The molecule has 0 fully saturated rings. The van der Waals surface area contributed by atoms with E-state index in [2.05, 4.69) is 11.2 Å². The Kier molecular flexibility index (Phi) is 5.99. The fourth-order valence-electron chi connectivity index (χ4n) is 0.802. The van der Waals surface area contributed by atoms with Crippen LogP contribution >= 0.6 is 0 Å². The largest absolute Gasteiger partial charge is 0.356 e. The smallest absolute Gasteiger partial charge is 0.224 e. The van der Waals surface area contributed by atoms with E-state index in [4.69, 9.17) is 12.2 Å². The van der Waals surface area contributed by atoms with Crippen LogP contribution in [0, 0.1) is 18.3 Å². The van der Waals surface area contributed by atoms with Crippen molar-refractivity contribution < 1.29 is 4.79 Å². The number of carbonyl (C=O) groups is 1. The Morgan fingerprint density at radius 3 is 2.69 bits per heavy atom. The first-order chi connectivity index (χ1) is 6.09. The van der Waals surface area contributed by atoms with E-state index in [1.54, 1.807) is 0 Å². The van der Waals surface area contributed by atoms with E-state index in [9.17, 15) is 4.79 Å². The van der Waals surface area contributed by atoms with E-state index in [1.807, 2.05) is 13.8 Å². The normalized spacial score (nSPS) is 14.3. The number of unbranched alkanes of at least 4 members (excludes halogenated alkanes) is 1. The maximum Gasteiger partial charge on any atom is 0.224 e. The van der Waals surface area contributed by atoms with Gasteiger partial charge >= 0.3 is 0 Å². The summed E-state index contributed by atoms with van der Waals surface area (Å²) in [5, 5.41) is 2.78. The van der Waals surface area contributed by atoms with Gasteiger partial charge in [-0.15, -0.1) is 12.3 Å². The zero-order chi connectivity index (χ0) is 10.3. The molecule has 1 amide bonds. The Morgan fingerprint density at radius 2 is 2.23 bits per heavy atom. The van der Waals surface area contributed by atoms with Crippen LogP contribution in [-0.4, -0.2) is 18.5 Å². The van der Waals surface area contributed by atoms with E-state index in [0.29, 0.717) is 13.0 Å². The summed E-state index contributed by atoms with van der Waals surface area (Å²) < 4.78 is 0. The highest BCUT2D eigenvalue weighted by atomic mass is 16.1. The molecule has 0 heterocycles. The van der Waals surface area contributed by atoms with Crippen LogP contribution in [0.25, 0.3) is 0 Å². The Labute approximate surface area is 80.1 Å². The summed E-state index contributed by atoms with van der Waals surface area (Å²) in [6, 6.07) is -0.104. The van der Waals surface area contributed by atoms with E-state index in [-0.39, 0.29) is 17.9 Å². The van der Waals surface area contributed by atoms with Crippen LogP contribution in [0.15, 0.2) is 0 Å². The van der Waals surface area contributed by atoms with E-state index < -0.39 is 0 Å². The van der Waals surface area contributed by atoms with Gasteiger partial charge in [0.1, 0.15) is 0 Å². The van der Waals surface area contributed by atoms with Crippen LogP contribution in [0.3, 0.4) is 0 Å². The number of amides is 1. The van der Waals surface area contributed by atoms with Crippen molar-refractivity contribution >= 4 is 5.91 Å². The molecule has 0 aliphatic heterocycles. The molecule has 3 heteroatoms. The highest BCUT2D eigenvalue weighted by Crippen LogP contribution is 1.99. The van der Waals surface area contributed by atoms with Gasteiger partial charge in [-0.1, -0.05) is 6.92 Å². The molecule has 0 rings (SSSR count). The van der Waals surface area contributed by atoms with Gasteiger partial charge in [-0.05, 0) is 13.3 Å². The Hall–Kier alpha value is -1.01. The van der Waals surface area contributed by atoms with Gasteiger partial charge in [0.15, 0.2) is 0 Å². The fraction of sp³-hybridized carbons (Fsp3) is 0.700. The van der Waals surface area contributed by atoms with Crippen molar-refractivity contribution in [2.45, 2.75) is 32.7 Å². The van der Waals surface area contributed by atoms with Crippen LogP contribution in [-0.2, 0) is 4.79 Å². The second kappa shape index (κ2) is 6.50. The number of nitrogens with one attached hydrogen (secondary N) is 1. The molecule has 0 saturated heterocycles. The average Bonchev–Trinajstić information content (AvgIpc) is 2.10. The third-order valence-corrected chi connectivity index (χ3v) is 2.00. The van der Waals surface area contributed by atoms with Crippen molar-refractivity contribution in [3.05, 3.63) is 0 Å². The van der Waals surface area contributed by atoms with Crippen LogP contribution in [0.5, 0.6) is 0 Å². The summed E-state index contributed by atoms with van der Waals surface area (Å²) in [4.78, 5) is 11.3. The van der Waals surface area contributed by atoms with Gasteiger partial charge in [-0.3, -0.25) is 4.79 Å². The van der Waals surface area contributed by atoms with Gasteiger partial charge in [0.2, 0.25) is 5.91 Å². The second-order valence-electron chi connectivity index (χ2n) is 3.25. The van der Waals surface area contributed by atoms with Gasteiger partial charge < -0.3 is 11.1 Å². The highest BCUT2D eigenvalue weighted by molar-refractivity contribution is 5.78. The maximum atomic E-state index is 11.3. The Bertz CT molecular complexity index is 194. The van der Waals surface area contributed by atoms with Gasteiger partial charge in [0.05, 0.1) is 0 Å². The summed E-state index contributed by atoms with van der Waals surface area (Å²) in [5.41, 5.74) is 5.57. The minimum absolute atomic E-state index is 0.00650. The lowest BCUT2D eigenvalue weighted by molar-refractivity contribution is -0.124. The molecule has 0 aromatic heterocycles. The maximum absolute atomic E-state index is 11.3. The topological polar surface area (TPSA) is 55.1 Å². The zero-order valence-electron chi connectivity index (χ0n) is 8.34. The zero-order valence-corrected chi connectivity index (χ0v) is 8.34. The van der Waals surface area contributed by atoms with Gasteiger partial charge in [0, 0.05) is 24.9 Å². The molecule has 0 radical (unpaired) electrons. The number of hydrogen-bond donors (Lipinski definition) is 2. The molecule has 74 valence electrons. The number of rotatable bonds is 5. The van der Waals surface area contributed by atoms with Gasteiger partial charge in [-0.25, -0.2) is 0 Å². The molecule has 0 spiro atoms. The summed E-state index contributed by atoms with van der Waals surface area (Å²) in [7, 11) is 0. The molecule has 0 aliphatic rings. The molecule has 0 aliphatic carbocycles. The Morgan fingerprint density at radius 1 is 1.62 bits per heavy atom. The predicted octanol–water partition coefficient (Wildman–Crippen LogP) is 0.499. The minimum Gasteiger partial charge on any atom is -0.356 e. The average molecular weight is 182 g/mol. The van der Waals surface area contributed by atoms with Gasteiger partial charge in [0.25, 0.3) is 0 Å². The van der Waals surface area contributed by atoms with Crippen molar-refractivity contribution in [2.75, 3.05) is 6.54 Å². The fourth-order valence-corrected chi connectivity index (χ4v) is 0.802. The monoisotopic (exact) mass is 182 g/mol. The van der Waals surface area contributed by atoms with Crippen LogP contribution < -0.4 is 11.1 Å². The predicted molar refractivity (Wildman–Crippen MR) is 53.9 cm³/mol. The van der Waals surface area contributed by atoms with Crippen LogP contribution in [0.1, 0.15) is 26.7 Å². The van der Waals surface area contributed by atoms with Crippen molar-refractivity contribution in [3.63, 3.8) is 0 Å². The first-order valence-electron chi connectivity index (χ1n) is 4.56. The third kappa shape index (κ3) is 5.26. The Balaban J connectivity index is 3.57. The quantitative estimate of drug-likeness (QED) is 0.480. The van der Waals surface area contributed by atoms with Crippen LogP contribution in [0.4, 0.5) is 0 Å². The number of nitrogens with two attached hydrogens (primary N) is 1. The lowest BCUT2D eigenvalue weighted by atomic mass is 10.0. The SMILES string of the molecule is C#CCCCNC(=O)C(C)C(C)N. The molecule has 3 nitrogen and oxygen atoms in total. The second-order valence-corrected chi connectivity index (χ2v) is 3.25. The van der Waals surface area contributed by atoms with E-state index in [0.717, 1.165) is 6.42 Å². The third-order valence-electron chi connectivity index (χ3n) is 2.00. The van der Waals surface area contributed by atoms with Gasteiger partial charge in [-0.2, -0.15) is 0 Å². The van der Waals surface area contributed by atoms with Crippen molar-refractivity contribution in [1.29, 1.82) is 0 Å². The van der Waals surface area contributed by atoms with E-state index in [1.165, 1.54) is 0 Å². The molecule has 0 aromatic carbocycles. The summed E-state index contributed by atoms with van der Waals surface area (Å²) in [5.74, 6) is 2.39. The summed E-state index contributed by atoms with van der Waals surface area (Å²) in [6.07, 6.45) is 6.60. The molecular weight excluding hydrogens is 164 g/mol. The summed E-state index contributed by atoms with van der Waals surface area (Å²) in [6.45, 7) is 4.28. The minimum atomic E-state index is -0.133. The van der Waals surface area contributed by atoms with Crippen molar-refractivity contribution in [2.24, 2.45) is 11.7 Å². The number of hydrogen-bond acceptors (Lipinski definition) is 2. The molecule has 0 aromatic rings. The molecular formula is C10H18N2O. The van der Waals surface area contributed by atoms with Crippen molar-refractivity contribution in [3.8, 4) is 12.3 Å². The molecule has 0 bridgehead atoms. The standard InChI is InChI=1S/C10H18N2O/c1-4-5-6-7-12-10(13)8(2)9(3)11/h1,8-9H,5-7,11H2,2-3H3,(H,12,13). The van der Waals surface area contributed by atoms with Crippen LogP contribution in [0.2, 0.25) is 0 Å². The molecule has 0 saturated carbocycles. The molecule has 3 N–H and O–H groups in total. The van der Waals surface area contributed by atoms with Crippen molar-refractivity contribution in [1.82, 2.24) is 5.32 Å². The molecule has 2 unspecified atom stereocenters. The van der Waals surface area contributed by atoms with E-state index >= 15 is 0 Å². The first kappa shape index (κ1) is 12.0. The first-order valence-corrected chi connectivity index (χ1v) is 4.56. The number of carbonyl (C=O) groups excluding carboxylic acids is 1. The molecule has 13 heavy (non-hydrogen) atoms. The number of terminal acetylenes is 1. The molecule has 2 atom stereocenters. The summed E-state index contributed by atoms with van der Waals surface area (Å²) >= 11 is 0.